The van der Waals surface area contributed by atoms with Gasteiger partial charge in [-0.25, -0.2) is 0 Å². The number of likely N-dealkylation sites (N-methyl/N-ethyl adjacent to an activating group) is 1. The van der Waals surface area contributed by atoms with E-state index in [9.17, 15) is 5.26 Å². The second-order valence-corrected chi connectivity index (χ2v) is 5.43. The lowest BCUT2D eigenvalue weighted by Gasteiger charge is -2.31. The van der Waals surface area contributed by atoms with E-state index < -0.39 is 5.54 Å². The molecule has 2 atom stereocenters. The highest BCUT2D eigenvalue weighted by molar-refractivity contribution is 5.32. The van der Waals surface area contributed by atoms with Crippen LogP contribution in [0.4, 0.5) is 0 Å². The number of nitrogens with zero attached hydrogens (tertiary/aromatic N) is 2. The Labute approximate surface area is 116 Å². The molecule has 0 saturated carbocycles. The van der Waals surface area contributed by atoms with Crippen molar-refractivity contribution in [2.45, 2.75) is 25.3 Å². The summed E-state index contributed by atoms with van der Waals surface area (Å²) in [5.41, 5.74) is 0.462. The molecule has 1 aliphatic heterocycles. The van der Waals surface area contributed by atoms with E-state index in [2.05, 4.69) is 23.2 Å². The third-order valence-corrected chi connectivity index (χ3v) is 4.29. The largest absolute Gasteiger partial charge is 0.300 e. The number of hydrogen-bond acceptors (Lipinski definition) is 3. The predicted octanol–water partition coefficient (Wildman–Crippen LogP) is 2.36. The molecule has 19 heavy (non-hydrogen) atoms. The molecule has 0 bridgehead atoms. The van der Waals surface area contributed by atoms with Gasteiger partial charge in [0, 0.05) is 13.1 Å². The van der Waals surface area contributed by atoms with Crippen LogP contribution in [0.2, 0.25) is 0 Å². The van der Waals surface area contributed by atoms with Crippen molar-refractivity contribution >= 4 is 0 Å². The van der Waals surface area contributed by atoms with Gasteiger partial charge < -0.3 is 0 Å². The number of likely N-dealkylation sites (tertiary alicyclic amines) is 1. The molecule has 2 unspecified atom stereocenters. The number of rotatable bonds is 5. The molecule has 3 heteroatoms. The van der Waals surface area contributed by atoms with Crippen molar-refractivity contribution < 1.29 is 0 Å². The maximum Gasteiger partial charge on any atom is 0.144 e. The summed E-state index contributed by atoms with van der Waals surface area (Å²) in [6.45, 7) is 5.24. The third kappa shape index (κ3) is 2.97. The highest BCUT2D eigenvalue weighted by Crippen LogP contribution is 2.26. The van der Waals surface area contributed by atoms with Crippen LogP contribution in [-0.2, 0) is 5.54 Å². The molecule has 0 amide bonds. The number of nitriles is 1. The number of nitrogens with one attached hydrogen (secondary N) is 1. The SMILES string of the molecule is CCC1CCN(CC(C#N)(NC)c2ccccc2)C1. The smallest absolute Gasteiger partial charge is 0.144 e. The van der Waals surface area contributed by atoms with Crippen molar-refractivity contribution in [3.63, 3.8) is 0 Å². The van der Waals surface area contributed by atoms with Gasteiger partial charge in [-0.2, -0.15) is 5.26 Å². The van der Waals surface area contributed by atoms with E-state index in [1.54, 1.807) is 0 Å². The summed E-state index contributed by atoms with van der Waals surface area (Å²) in [6, 6.07) is 12.5. The maximum absolute atomic E-state index is 9.67. The van der Waals surface area contributed by atoms with Crippen molar-refractivity contribution in [2.75, 3.05) is 26.7 Å². The normalized spacial score (nSPS) is 22.9. The molecule has 0 aliphatic carbocycles. The van der Waals surface area contributed by atoms with Crippen molar-refractivity contribution in [1.82, 2.24) is 10.2 Å². The molecule has 3 nitrogen and oxygen atoms in total. The molecule has 1 aromatic rings. The fourth-order valence-corrected chi connectivity index (χ4v) is 2.92. The van der Waals surface area contributed by atoms with Gasteiger partial charge in [-0.05, 0) is 31.5 Å². The van der Waals surface area contributed by atoms with Crippen LogP contribution in [0.1, 0.15) is 25.3 Å². The lowest BCUT2D eigenvalue weighted by atomic mass is 9.91. The van der Waals surface area contributed by atoms with Gasteiger partial charge in [-0.3, -0.25) is 10.2 Å². The molecular weight excluding hydrogens is 234 g/mol. The summed E-state index contributed by atoms with van der Waals surface area (Å²) in [5, 5.41) is 12.9. The van der Waals surface area contributed by atoms with Crippen LogP contribution in [0.5, 0.6) is 0 Å². The molecule has 0 radical (unpaired) electrons. The van der Waals surface area contributed by atoms with Crippen LogP contribution in [0.15, 0.2) is 30.3 Å². The van der Waals surface area contributed by atoms with Crippen LogP contribution >= 0.6 is 0 Å². The second-order valence-electron chi connectivity index (χ2n) is 5.43. The highest BCUT2D eigenvalue weighted by atomic mass is 15.2. The van der Waals surface area contributed by atoms with Gasteiger partial charge in [0.05, 0.1) is 6.07 Å². The highest BCUT2D eigenvalue weighted by Gasteiger charge is 2.35. The van der Waals surface area contributed by atoms with Crippen molar-refractivity contribution in [3.05, 3.63) is 35.9 Å². The van der Waals surface area contributed by atoms with Crippen molar-refractivity contribution in [2.24, 2.45) is 5.92 Å². The van der Waals surface area contributed by atoms with E-state index >= 15 is 0 Å². The topological polar surface area (TPSA) is 39.1 Å². The second kappa shape index (κ2) is 6.18. The summed E-state index contributed by atoms with van der Waals surface area (Å²) in [5.74, 6) is 0.795. The quantitative estimate of drug-likeness (QED) is 0.880. The van der Waals surface area contributed by atoms with E-state index in [-0.39, 0.29) is 0 Å². The Hall–Kier alpha value is -1.37. The Kier molecular flexibility index (Phi) is 4.57. The zero-order chi connectivity index (χ0) is 13.7. The Balaban J connectivity index is 2.15. The molecule has 1 fully saturated rings. The Morgan fingerprint density at radius 3 is 2.68 bits per heavy atom. The molecule has 0 aromatic heterocycles. The Morgan fingerprint density at radius 2 is 2.16 bits per heavy atom. The Morgan fingerprint density at radius 1 is 1.42 bits per heavy atom. The molecule has 1 heterocycles. The number of hydrogen-bond donors (Lipinski definition) is 1. The zero-order valence-electron chi connectivity index (χ0n) is 11.9. The summed E-state index contributed by atoms with van der Waals surface area (Å²) in [4.78, 5) is 2.42. The lowest BCUT2D eigenvalue weighted by Crippen LogP contribution is -2.48. The van der Waals surface area contributed by atoms with Gasteiger partial charge in [0.1, 0.15) is 5.54 Å². The van der Waals surface area contributed by atoms with Gasteiger partial charge in [-0.15, -0.1) is 0 Å². The standard InChI is InChI=1S/C16H23N3/c1-3-14-9-10-19(11-14)13-16(12-17,18-2)15-7-5-4-6-8-15/h4-8,14,18H,3,9-11,13H2,1-2H3. The summed E-state index contributed by atoms with van der Waals surface area (Å²) < 4.78 is 0. The first kappa shape index (κ1) is 14.0. The fourth-order valence-electron chi connectivity index (χ4n) is 2.92. The van der Waals surface area contributed by atoms with E-state index in [4.69, 9.17) is 0 Å². The third-order valence-electron chi connectivity index (χ3n) is 4.29. The molecule has 102 valence electrons. The van der Waals surface area contributed by atoms with Crippen LogP contribution < -0.4 is 5.32 Å². The predicted molar refractivity (Wildman–Crippen MR) is 77.6 cm³/mol. The van der Waals surface area contributed by atoms with Crippen molar-refractivity contribution in [3.8, 4) is 6.07 Å². The minimum absolute atomic E-state index is 0.593. The fraction of sp³-hybridized carbons (Fsp3) is 0.562. The Bertz CT molecular complexity index is 437. The van der Waals surface area contributed by atoms with Crippen LogP contribution in [0.3, 0.4) is 0 Å². The zero-order valence-corrected chi connectivity index (χ0v) is 11.9. The molecule has 1 N–H and O–H groups in total. The lowest BCUT2D eigenvalue weighted by molar-refractivity contribution is 0.250. The molecular formula is C16H23N3. The minimum Gasteiger partial charge on any atom is -0.300 e. The van der Waals surface area contributed by atoms with Gasteiger partial charge >= 0.3 is 0 Å². The molecule has 2 rings (SSSR count). The maximum atomic E-state index is 9.67. The summed E-state index contributed by atoms with van der Waals surface area (Å²) in [7, 11) is 1.88. The molecule has 1 aromatic carbocycles. The first-order valence-electron chi connectivity index (χ1n) is 7.12. The average Bonchev–Trinajstić information content (AvgIpc) is 2.93. The monoisotopic (exact) mass is 257 g/mol. The van der Waals surface area contributed by atoms with Crippen molar-refractivity contribution in [1.29, 1.82) is 5.26 Å². The van der Waals surface area contributed by atoms with Gasteiger partial charge in [-0.1, -0.05) is 43.7 Å². The number of benzene rings is 1. The summed E-state index contributed by atoms with van der Waals surface area (Å²) >= 11 is 0. The van der Waals surface area contributed by atoms with Gasteiger partial charge in [0.2, 0.25) is 0 Å². The first-order chi connectivity index (χ1) is 9.24. The van der Waals surface area contributed by atoms with Gasteiger partial charge in [0.15, 0.2) is 0 Å². The van der Waals surface area contributed by atoms with E-state index in [0.29, 0.717) is 0 Å². The average molecular weight is 257 g/mol. The van der Waals surface area contributed by atoms with Crippen LogP contribution in [0.25, 0.3) is 0 Å². The molecule has 1 aliphatic rings. The van der Waals surface area contributed by atoms with Crippen LogP contribution in [0, 0.1) is 17.2 Å². The van der Waals surface area contributed by atoms with E-state index in [1.807, 2.05) is 37.4 Å². The van der Waals surface area contributed by atoms with E-state index in [0.717, 1.165) is 31.1 Å². The minimum atomic E-state index is -0.593. The summed E-state index contributed by atoms with van der Waals surface area (Å²) in [6.07, 6.45) is 2.50. The van der Waals surface area contributed by atoms with Crippen LogP contribution in [-0.4, -0.2) is 31.6 Å². The van der Waals surface area contributed by atoms with E-state index in [1.165, 1.54) is 12.8 Å². The molecule has 0 spiro atoms. The molecule has 1 saturated heterocycles. The van der Waals surface area contributed by atoms with Gasteiger partial charge in [0.25, 0.3) is 0 Å². The first-order valence-corrected chi connectivity index (χ1v) is 7.12.